The highest BCUT2D eigenvalue weighted by atomic mass is 32.2. The maximum Gasteiger partial charge on any atom is 0.244 e. The van der Waals surface area contributed by atoms with Crippen molar-refractivity contribution in [1.29, 1.82) is 0 Å². The molecule has 33 heavy (non-hydrogen) atoms. The largest absolute Gasteiger partial charge is 0.354 e. The Morgan fingerprint density at radius 2 is 1.61 bits per heavy atom. The number of primary sulfonamides is 1. The van der Waals surface area contributed by atoms with E-state index in [9.17, 15) is 21.6 Å². The summed E-state index contributed by atoms with van der Waals surface area (Å²) in [4.78, 5) is 13.4. The van der Waals surface area contributed by atoms with Gasteiger partial charge in [-0.1, -0.05) is 43.2 Å². The number of sulfonamides is 2. The van der Waals surface area contributed by atoms with Gasteiger partial charge in [-0.25, -0.2) is 22.0 Å². The second-order valence-corrected chi connectivity index (χ2v) is 12.1. The molecule has 2 aromatic rings. The van der Waals surface area contributed by atoms with E-state index in [2.05, 4.69) is 5.32 Å². The fourth-order valence-electron chi connectivity index (χ4n) is 5.00. The molecule has 3 N–H and O–H groups in total. The molecule has 1 saturated carbocycles. The number of rotatable bonds is 7. The molecule has 0 radical (unpaired) electrons. The molecule has 178 valence electrons. The van der Waals surface area contributed by atoms with E-state index in [0.717, 1.165) is 31.2 Å². The standard InChI is InChI=1S/C23H29N3O5S2/c24-32(28,29)19-12-10-17(11-13-19)14-15-25-23(27)22-16-18-6-4-5-9-21(18)26(22)33(30,31)20-7-2-1-3-8-20/h1-3,7-8,10-13,18,21-22H,4-6,9,14-16H2,(H,25,27)(H2,24,28,29)/t18-,21-,22+/m1/s1. The van der Waals surface area contributed by atoms with Gasteiger partial charge in [-0.15, -0.1) is 0 Å². The average molecular weight is 492 g/mol. The quantitative estimate of drug-likeness (QED) is 0.613. The number of hydrogen-bond acceptors (Lipinski definition) is 5. The van der Waals surface area contributed by atoms with E-state index < -0.39 is 26.1 Å². The maximum atomic E-state index is 13.5. The molecule has 8 nitrogen and oxygen atoms in total. The topological polar surface area (TPSA) is 127 Å². The van der Waals surface area contributed by atoms with Crippen LogP contribution in [0.1, 0.15) is 37.7 Å². The average Bonchev–Trinajstić information content (AvgIpc) is 3.20. The van der Waals surface area contributed by atoms with Crippen LogP contribution in [0.2, 0.25) is 0 Å². The second-order valence-electron chi connectivity index (χ2n) is 8.74. The summed E-state index contributed by atoms with van der Waals surface area (Å²) in [7, 11) is -7.55. The minimum absolute atomic E-state index is 0.0330. The predicted octanol–water partition coefficient (Wildman–Crippen LogP) is 2.01. The molecule has 10 heteroatoms. The highest BCUT2D eigenvalue weighted by Crippen LogP contribution is 2.42. The molecule has 2 fully saturated rings. The zero-order valence-electron chi connectivity index (χ0n) is 18.3. The van der Waals surface area contributed by atoms with E-state index in [1.165, 1.54) is 16.4 Å². The Morgan fingerprint density at radius 3 is 2.27 bits per heavy atom. The van der Waals surface area contributed by atoms with Crippen molar-refractivity contribution in [3.63, 3.8) is 0 Å². The van der Waals surface area contributed by atoms with Gasteiger partial charge in [0, 0.05) is 12.6 Å². The zero-order chi connectivity index (χ0) is 23.6. The number of carbonyl (C=O) groups is 1. The molecule has 4 rings (SSSR count). The highest BCUT2D eigenvalue weighted by Gasteiger charge is 2.50. The molecule has 0 aromatic heterocycles. The summed E-state index contributed by atoms with van der Waals surface area (Å²) in [6.07, 6.45) is 4.75. The van der Waals surface area contributed by atoms with Crippen LogP contribution < -0.4 is 10.5 Å². The number of nitrogens with two attached hydrogens (primary N) is 1. The van der Waals surface area contributed by atoms with Gasteiger partial charge in [0.1, 0.15) is 6.04 Å². The first-order chi connectivity index (χ1) is 15.7. The van der Waals surface area contributed by atoms with Crippen LogP contribution in [-0.4, -0.2) is 45.7 Å². The van der Waals surface area contributed by atoms with Gasteiger partial charge < -0.3 is 5.32 Å². The monoisotopic (exact) mass is 491 g/mol. The maximum absolute atomic E-state index is 13.5. The molecular formula is C23H29N3O5S2. The van der Waals surface area contributed by atoms with Gasteiger partial charge in [-0.3, -0.25) is 4.79 Å². The number of nitrogens with one attached hydrogen (secondary N) is 1. The molecule has 1 aliphatic carbocycles. The van der Waals surface area contributed by atoms with Gasteiger partial charge in [-0.05, 0) is 61.4 Å². The minimum Gasteiger partial charge on any atom is -0.354 e. The summed E-state index contributed by atoms with van der Waals surface area (Å²) < 4.78 is 51.2. The predicted molar refractivity (Wildman–Crippen MR) is 124 cm³/mol. The molecule has 2 aromatic carbocycles. The lowest BCUT2D eigenvalue weighted by molar-refractivity contribution is -0.124. The molecule has 1 saturated heterocycles. The first kappa shape index (κ1) is 23.9. The Labute approximate surface area is 195 Å². The van der Waals surface area contributed by atoms with Gasteiger partial charge in [0.25, 0.3) is 0 Å². The van der Waals surface area contributed by atoms with Crippen molar-refractivity contribution in [3.8, 4) is 0 Å². The van der Waals surface area contributed by atoms with Gasteiger partial charge in [0.05, 0.1) is 9.79 Å². The summed E-state index contributed by atoms with van der Waals surface area (Å²) in [6.45, 7) is 0.318. The summed E-state index contributed by atoms with van der Waals surface area (Å²) in [6, 6.07) is 13.6. The molecule has 1 amide bonds. The van der Waals surface area contributed by atoms with Gasteiger partial charge in [0.2, 0.25) is 26.0 Å². The summed E-state index contributed by atoms with van der Waals surface area (Å²) in [5.74, 6) is -0.0937. The third kappa shape index (κ3) is 5.13. The first-order valence-corrected chi connectivity index (χ1v) is 14.1. The van der Waals surface area contributed by atoms with Crippen LogP contribution in [0.15, 0.2) is 64.4 Å². The van der Waals surface area contributed by atoms with Gasteiger partial charge >= 0.3 is 0 Å². The number of hydrogen-bond donors (Lipinski definition) is 2. The van der Waals surface area contributed by atoms with Crippen LogP contribution in [0.4, 0.5) is 0 Å². The summed E-state index contributed by atoms with van der Waals surface area (Å²) >= 11 is 0. The fraction of sp³-hybridized carbons (Fsp3) is 0.435. The first-order valence-electron chi connectivity index (χ1n) is 11.2. The molecule has 1 aliphatic heterocycles. The number of nitrogens with zero attached hydrogens (tertiary/aromatic N) is 1. The van der Waals surface area contributed by atoms with Crippen LogP contribution in [0, 0.1) is 5.92 Å². The van der Waals surface area contributed by atoms with E-state index in [1.807, 2.05) is 0 Å². The number of carbonyl (C=O) groups excluding carboxylic acids is 1. The van der Waals surface area contributed by atoms with Gasteiger partial charge in [-0.2, -0.15) is 4.31 Å². The number of benzene rings is 2. The molecule has 0 bridgehead atoms. The van der Waals surface area contributed by atoms with Crippen molar-refractivity contribution in [2.24, 2.45) is 11.1 Å². The molecule has 2 aliphatic rings. The van der Waals surface area contributed by atoms with Crippen molar-refractivity contribution in [2.45, 2.75) is 60.4 Å². The van der Waals surface area contributed by atoms with Crippen LogP contribution >= 0.6 is 0 Å². The van der Waals surface area contributed by atoms with Crippen molar-refractivity contribution in [3.05, 3.63) is 60.2 Å². The van der Waals surface area contributed by atoms with Crippen LogP contribution in [0.5, 0.6) is 0 Å². The van der Waals surface area contributed by atoms with E-state index in [-0.39, 0.29) is 27.7 Å². The van der Waals surface area contributed by atoms with Crippen molar-refractivity contribution in [2.75, 3.05) is 6.54 Å². The second kappa shape index (κ2) is 9.54. The zero-order valence-corrected chi connectivity index (χ0v) is 19.9. The van der Waals surface area contributed by atoms with Crippen LogP contribution in [0.3, 0.4) is 0 Å². The van der Waals surface area contributed by atoms with Crippen molar-refractivity contribution >= 4 is 26.0 Å². The van der Waals surface area contributed by atoms with Crippen LogP contribution in [-0.2, 0) is 31.3 Å². The minimum atomic E-state index is -3.80. The van der Waals surface area contributed by atoms with E-state index in [1.54, 1.807) is 42.5 Å². The van der Waals surface area contributed by atoms with Crippen LogP contribution in [0.25, 0.3) is 0 Å². The van der Waals surface area contributed by atoms with E-state index >= 15 is 0 Å². The third-order valence-electron chi connectivity index (χ3n) is 6.62. The summed E-state index contributed by atoms with van der Waals surface area (Å²) in [5, 5.41) is 8.01. The molecule has 0 spiro atoms. The Balaban J connectivity index is 1.47. The van der Waals surface area contributed by atoms with Crippen molar-refractivity contribution in [1.82, 2.24) is 9.62 Å². The molecular weight excluding hydrogens is 462 g/mol. The van der Waals surface area contributed by atoms with Crippen molar-refractivity contribution < 1.29 is 21.6 Å². The smallest absolute Gasteiger partial charge is 0.244 e. The molecule has 1 heterocycles. The fourth-order valence-corrected chi connectivity index (χ4v) is 7.41. The lowest BCUT2D eigenvalue weighted by atomic mass is 9.85. The highest BCUT2D eigenvalue weighted by molar-refractivity contribution is 7.89. The lowest BCUT2D eigenvalue weighted by Crippen LogP contribution is -2.49. The Kier molecular flexibility index (Phi) is 6.90. The molecule has 3 atom stereocenters. The van der Waals surface area contributed by atoms with E-state index in [0.29, 0.717) is 19.4 Å². The van der Waals surface area contributed by atoms with Gasteiger partial charge in [0.15, 0.2) is 0 Å². The SMILES string of the molecule is NS(=O)(=O)c1ccc(CCNC(=O)[C@@H]2C[C@H]3CCCC[C@H]3N2S(=O)(=O)c2ccccc2)cc1. The number of fused-ring (bicyclic) bond motifs is 1. The lowest BCUT2D eigenvalue weighted by Gasteiger charge is -2.32. The molecule has 0 unspecified atom stereocenters. The summed E-state index contributed by atoms with van der Waals surface area (Å²) in [5.41, 5.74) is 0.844. The Bertz CT molecular complexity index is 1200. The Hall–Kier alpha value is -2.27. The third-order valence-corrected chi connectivity index (χ3v) is 9.49. The van der Waals surface area contributed by atoms with E-state index in [4.69, 9.17) is 5.14 Å². The Morgan fingerprint density at radius 1 is 0.939 bits per heavy atom. The normalized spacial score (nSPS) is 23.7. The number of amides is 1.